The lowest BCUT2D eigenvalue weighted by molar-refractivity contribution is 0.0241. The van der Waals surface area contributed by atoms with Crippen molar-refractivity contribution in [1.29, 1.82) is 0 Å². The molecule has 6 heteroatoms. The van der Waals surface area contributed by atoms with Crippen molar-refractivity contribution >= 4 is 17.9 Å². The third kappa shape index (κ3) is 3.26. The number of hydrogen-bond donors (Lipinski definition) is 0. The summed E-state index contributed by atoms with van der Waals surface area (Å²) in [6.45, 7) is 6.70. The van der Waals surface area contributed by atoms with Crippen LogP contribution in [0.4, 0.5) is 4.79 Å². The SMILES string of the molecule is CC(C)(C)OC(=O)N1Cc2ccc(CN3C(=O)c4ccccc4C3=O)cc2C1. The molecule has 0 spiro atoms. The average molecular weight is 378 g/mol. The molecule has 28 heavy (non-hydrogen) atoms. The van der Waals surface area contributed by atoms with Gasteiger partial charge in [-0.05, 0) is 49.6 Å². The van der Waals surface area contributed by atoms with Crippen LogP contribution in [0.3, 0.4) is 0 Å². The Morgan fingerprint density at radius 3 is 2.18 bits per heavy atom. The second-order valence-electron chi connectivity index (χ2n) is 8.18. The van der Waals surface area contributed by atoms with Crippen molar-refractivity contribution in [2.24, 2.45) is 0 Å². The summed E-state index contributed by atoms with van der Waals surface area (Å²) in [6, 6.07) is 12.7. The van der Waals surface area contributed by atoms with Gasteiger partial charge in [0.15, 0.2) is 0 Å². The maximum absolute atomic E-state index is 12.6. The Balaban J connectivity index is 1.49. The van der Waals surface area contributed by atoms with Crippen molar-refractivity contribution in [3.05, 3.63) is 70.3 Å². The molecule has 0 N–H and O–H groups in total. The Morgan fingerprint density at radius 1 is 0.964 bits per heavy atom. The van der Waals surface area contributed by atoms with Crippen LogP contribution in [0, 0.1) is 0 Å². The Kier molecular flexibility index (Phi) is 4.22. The molecule has 0 fully saturated rings. The number of rotatable bonds is 2. The van der Waals surface area contributed by atoms with Gasteiger partial charge in [0, 0.05) is 13.1 Å². The van der Waals surface area contributed by atoms with Gasteiger partial charge in [0.25, 0.3) is 11.8 Å². The molecule has 6 nitrogen and oxygen atoms in total. The van der Waals surface area contributed by atoms with Gasteiger partial charge in [-0.2, -0.15) is 0 Å². The van der Waals surface area contributed by atoms with Gasteiger partial charge in [-0.25, -0.2) is 4.79 Å². The molecule has 0 saturated heterocycles. The number of imide groups is 1. The van der Waals surface area contributed by atoms with Gasteiger partial charge < -0.3 is 4.74 Å². The van der Waals surface area contributed by atoms with E-state index < -0.39 is 5.60 Å². The molecule has 2 aromatic rings. The van der Waals surface area contributed by atoms with Crippen LogP contribution in [0.25, 0.3) is 0 Å². The van der Waals surface area contributed by atoms with Crippen LogP contribution in [-0.2, 0) is 24.4 Å². The highest BCUT2D eigenvalue weighted by atomic mass is 16.6. The minimum absolute atomic E-state index is 0.214. The number of carbonyl (C=O) groups is 3. The molecule has 3 amide bonds. The van der Waals surface area contributed by atoms with Crippen LogP contribution in [0.1, 0.15) is 58.2 Å². The summed E-state index contributed by atoms with van der Waals surface area (Å²) < 4.78 is 5.44. The van der Waals surface area contributed by atoms with Gasteiger partial charge in [-0.15, -0.1) is 0 Å². The second kappa shape index (κ2) is 6.48. The fourth-order valence-corrected chi connectivity index (χ4v) is 3.57. The van der Waals surface area contributed by atoms with Crippen molar-refractivity contribution in [2.45, 2.75) is 46.0 Å². The van der Waals surface area contributed by atoms with Crippen LogP contribution in [-0.4, -0.2) is 33.3 Å². The van der Waals surface area contributed by atoms with Crippen LogP contribution < -0.4 is 0 Å². The highest BCUT2D eigenvalue weighted by Crippen LogP contribution is 2.28. The Hall–Kier alpha value is -3.15. The number of ether oxygens (including phenoxy) is 1. The van der Waals surface area contributed by atoms with E-state index in [4.69, 9.17) is 4.74 Å². The molecule has 0 aliphatic carbocycles. The number of nitrogens with zero attached hydrogens (tertiary/aromatic N) is 2. The standard InChI is InChI=1S/C22H22N2O4/c1-22(2,3)28-21(27)23-12-15-9-8-14(10-16(15)13-23)11-24-19(25)17-6-4-5-7-18(17)20(24)26/h4-10H,11-13H2,1-3H3. The number of benzene rings is 2. The normalized spacial score (nSPS) is 15.7. The molecule has 0 radical (unpaired) electrons. The molecular weight excluding hydrogens is 356 g/mol. The highest BCUT2D eigenvalue weighted by Gasteiger charge is 2.35. The van der Waals surface area contributed by atoms with E-state index in [1.807, 2.05) is 39.0 Å². The minimum Gasteiger partial charge on any atom is -0.444 e. The predicted molar refractivity (Wildman–Crippen MR) is 103 cm³/mol. The lowest BCUT2D eigenvalue weighted by atomic mass is 10.1. The maximum Gasteiger partial charge on any atom is 0.410 e. The van der Waals surface area contributed by atoms with E-state index in [0.717, 1.165) is 16.7 Å². The number of fused-ring (bicyclic) bond motifs is 2. The third-order valence-corrected chi connectivity index (χ3v) is 4.86. The molecule has 2 aliphatic heterocycles. The molecule has 0 saturated carbocycles. The molecule has 144 valence electrons. The first-order valence-corrected chi connectivity index (χ1v) is 9.27. The molecule has 2 heterocycles. The summed E-state index contributed by atoms with van der Waals surface area (Å²) in [5.74, 6) is -0.534. The van der Waals surface area contributed by atoms with Crippen molar-refractivity contribution in [3.8, 4) is 0 Å². The molecule has 0 bridgehead atoms. The summed E-state index contributed by atoms with van der Waals surface area (Å²) >= 11 is 0. The topological polar surface area (TPSA) is 66.9 Å². The van der Waals surface area contributed by atoms with E-state index in [-0.39, 0.29) is 24.5 Å². The first-order chi connectivity index (χ1) is 13.2. The average Bonchev–Trinajstić information content (AvgIpc) is 3.16. The largest absolute Gasteiger partial charge is 0.444 e. The third-order valence-electron chi connectivity index (χ3n) is 4.86. The van der Waals surface area contributed by atoms with Gasteiger partial charge in [-0.3, -0.25) is 19.4 Å². The Labute approximate surface area is 163 Å². The monoisotopic (exact) mass is 378 g/mol. The second-order valence-corrected chi connectivity index (χ2v) is 8.18. The van der Waals surface area contributed by atoms with Crippen LogP contribution in [0.2, 0.25) is 0 Å². The molecule has 0 unspecified atom stereocenters. The smallest absolute Gasteiger partial charge is 0.410 e. The molecule has 4 rings (SSSR count). The Morgan fingerprint density at radius 2 is 1.57 bits per heavy atom. The lowest BCUT2D eigenvalue weighted by Crippen LogP contribution is -2.33. The number of carbonyl (C=O) groups excluding carboxylic acids is 3. The molecular formula is C22H22N2O4. The van der Waals surface area contributed by atoms with E-state index in [0.29, 0.717) is 24.2 Å². The number of hydrogen-bond acceptors (Lipinski definition) is 4. The van der Waals surface area contributed by atoms with Crippen LogP contribution in [0.5, 0.6) is 0 Å². The summed E-state index contributed by atoms with van der Waals surface area (Å²) in [6.07, 6.45) is -0.342. The number of amides is 3. The zero-order valence-electron chi connectivity index (χ0n) is 16.2. The van der Waals surface area contributed by atoms with Gasteiger partial charge in [-0.1, -0.05) is 30.3 Å². The van der Waals surface area contributed by atoms with Crippen molar-refractivity contribution in [2.75, 3.05) is 0 Å². The van der Waals surface area contributed by atoms with E-state index in [9.17, 15) is 14.4 Å². The summed E-state index contributed by atoms with van der Waals surface area (Å²) in [5, 5.41) is 0. The predicted octanol–water partition coefficient (Wildman–Crippen LogP) is 3.73. The lowest BCUT2D eigenvalue weighted by Gasteiger charge is -2.24. The summed E-state index contributed by atoms with van der Waals surface area (Å²) in [5.41, 5.74) is 3.29. The van der Waals surface area contributed by atoms with Crippen LogP contribution in [0.15, 0.2) is 42.5 Å². The maximum atomic E-state index is 12.6. The molecule has 2 aromatic carbocycles. The summed E-state index contributed by atoms with van der Waals surface area (Å²) in [4.78, 5) is 40.3. The molecule has 0 aromatic heterocycles. The Bertz CT molecular complexity index is 955. The van der Waals surface area contributed by atoms with Crippen LogP contribution >= 0.6 is 0 Å². The molecule has 0 atom stereocenters. The first-order valence-electron chi connectivity index (χ1n) is 9.27. The van der Waals surface area contributed by atoms with Gasteiger partial charge in [0.1, 0.15) is 5.60 Å². The molecule has 2 aliphatic rings. The van der Waals surface area contributed by atoms with Crippen molar-refractivity contribution in [3.63, 3.8) is 0 Å². The van der Waals surface area contributed by atoms with E-state index in [1.165, 1.54) is 4.90 Å². The van der Waals surface area contributed by atoms with Crippen molar-refractivity contribution in [1.82, 2.24) is 9.80 Å². The zero-order valence-corrected chi connectivity index (χ0v) is 16.2. The fourth-order valence-electron chi connectivity index (χ4n) is 3.57. The summed E-state index contributed by atoms with van der Waals surface area (Å²) in [7, 11) is 0. The van der Waals surface area contributed by atoms with Crippen molar-refractivity contribution < 1.29 is 19.1 Å². The van der Waals surface area contributed by atoms with E-state index in [2.05, 4.69) is 0 Å². The highest BCUT2D eigenvalue weighted by molar-refractivity contribution is 6.21. The fraction of sp³-hybridized carbons (Fsp3) is 0.318. The zero-order chi connectivity index (χ0) is 20.1. The van der Waals surface area contributed by atoms with Gasteiger partial charge in [0.2, 0.25) is 0 Å². The minimum atomic E-state index is -0.539. The first kappa shape index (κ1) is 18.2. The van der Waals surface area contributed by atoms with E-state index >= 15 is 0 Å². The quantitative estimate of drug-likeness (QED) is 0.747. The van der Waals surface area contributed by atoms with E-state index in [1.54, 1.807) is 29.2 Å². The van der Waals surface area contributed by atoms with Gasteiger partial charge in [0.05, 0.1) is 17.7 Å². The van der Waals surface area contributed by atoms with Gasteiger partial charge >= 0.3 is 6.09 Å².